The Morgan fingerprint density at radius 2 is 1.77 bits per heavy atom. The molecule has 0 bridgehead atoms. The molecule has 0 radical (unpaired) electrons. The lowest BCUT2D eigenvalue weighted by Gasteiger charge is -2.14. The fraction of sp³-hybridized carbons (Fsp3) is 0.524. The van der Waals surface area contributed by atoms with Crippen LogP contribution in [0.4, 0.5) is 17.5 Å². The number of unbranched alkanes of at least 4 members (excludes halogenated alkanes) is 5. The highest BCUT2D eigenvalue weighted by Gasteiger charge is 2.13. The van der Waals surface area contributed by atoms with Gasteiger partial charge in [0.15, 0.2) is 0 Å². The van der Waals surface area contributed by atoms with Crippen LogP contribution in [0.5, 0.6) is 0 Å². The lowest BCUT2D eigenvalue weighted by molar-refractivity contribution is 0.281. The summed E-state index contributed by atoms with van der Waals surface area (Å²) in [4.78, 5) is 8.82. The van der Waals surface area contributed by atoms with E-state index in [0.717, 1.165) is 19.3 Å². The fourth-order valence-electron chi connectivity index (χ4n) is 2.85. The topological polar surface area (TPSA) is 116 Å². The Labute approximate surface area is 193 Å². The molecule has 0 saturated carbocycles. The number of halogens is 1. The van der Waals surface area contributed by atoms with Gasteiger partial charge in [0.25, 0.3) is 0 Å². The molecule has 0 aliphatic rings. The van der Waals surface area contributed by atoms with Crippen LogP contribution in [0.1, 0.15) is 52.4 Å². The Morgan fingerprint density at radius 3 is 2.45 bits per heavy atom. The minimum Gasteiger partial charge on any atom is -0.394 e. The molecule has 172 valence electrons. The molecule has 0 fully saturated rings. The van der Waals surface area contributed by atoms with Crippen molar-refractivity contribution in [1.82, 2.24) is 14.7 Å². The Kier molecular flexibility index (Phi) is 10.7. The van der Waals surface area contributed by atoms with Gasteiger partial charge in [0.1, 0.15) is 5.82 Å². The third-order valence-corrected chi connectivity index (χ3v) is 6.70. The number of hydrogen-bond acceptors (Lipinski definition) is 7. The molecule has 31 heavy (non-hydrogen) atoms. The van der Waals surface area contributed by atoms with Crippen molar-refractivity contribution in [2.75, 3.05) is 23.8 Å². The van der Waals surface area contributed by atoms with Crippen molar-refractivity contribution >= 4 is 43.4 Å². The van der Waals surface area contributed by atoms with Gasteiger partial charge < -0.3 is 15.7 Å². The lowest BCUT2D eigenvalue weighted by atomic mass is 10.1. The third kappa shape index (κ3) is 8.72. The van der Waals surface area contributed by atoms with Crippen LogP contribution in [-0.2, 0) is 10.0 Å². The second kappa shape index (κ2) is 12.9. The molecule has 0 aliphatic heterocycles. The molecule has 4 N–H and O–H groups in total. The number of aliphatic hydroxyl groups excluding tert-OH is 1. The van der Waals surface area contributed by atoms with Gasteiger partial charge in [-0.3, -0.25) is 0 Å². The largest absolute Gasteiger partial charge is 0.394 e. The predicted octanol–water partition coefficient (Wildman–Crippen LogP) is 4.41. The number of hydrogen-bond donors (Lipinski definition) is 4. The number of aromatic nitrogens is 2. The zero-order valence-corrected chi connectivity index (χ0v) is 20.5. The van der Waals surface area contributed by atoms with E-state index in [0.29, 0.717) is 28.5 Å². The zero-order chi connectivity index (χ0) is 22.7. The number of sulfonamides is 1. The summed E-state index contributed by atoms with van der Waals surface area (Å²) in [5.74, 6) is 0.907. The van der Waals surface area contributed by atoms with Gasteiger partial charge in [-0.05, 0) is 53.5 Å². The van der Waals surface area contributed by atoms with Crippen LogP contribution in [-0.4, -0.2) is 42.7 Å². The number of aliphatic hydroxyl groups is 1. The summed E-state index contributed by atoms with van der Waals surface area (Å²) in [6, 6.07) is 6.30. The van der Waals surface area contributed by atoms with E-state index in [2.05, 4.69) is 48.2 Å². The van der Waals surface area contributed by atoms with Crippen molar-refractivity contribution in [3.8, 4) is 0 Å². The first-order chi connectivity index (χ1) is 14.9. The maximum Gasteiger partial charge on any atom is 0.240 e. The van der Waals surface area contributed by atoms with Crippen LogP contribution >= 0.6 is 15.9 Å². The number of nitrogens with one attached hydrogen (secondary N) is 3. The maximum atomic E-state index is 12.5. The summed E-state index contributed by atoms with van der Waals surface area (Å²) in [5, 5.41) is 15.3. The van der Waals surface area contributed by atoms with Crippen LogP contribution < -0.4 is 15.4 Å². The quantitative estimate of drug-likeness (QED) is 0.276. The Hall–Kier alpha value is -1.75. The number of anilines is 3. The predicted molar refractivity (Wildman–Crippen MR) is 128 cm³/mol. The summed E-state index contributed by atoms with van der Waals surface area (Å²) in [6.07, 6.45) is 8.26. The Morgan fingerprint density at radius 1 is 1.10 bits per heavy atom. The molecule has 1 aromatic heterocycles. The van der Waals surface area contributed by atoms with Crippen molar-refractivity contribution < 1.29 is 13.5 Å². The summed E-state index contributed by atoms with van der Waals surface area (Å²) in [5.41, 5.74) is 0.665. The summed E-state index contributed by atoms with van der Waals surface area (Å²) >= 11 is 3.38. The van der Waals surface area contributed by atoms with Crippen LogP contribution in [0.25, 0.3) is 0 Å². The first kappa shape index (κ1) is 25.5. The minimum absolute atomic E-state index is 0.0258. The molecule has 1 heterocycles. The van der Waals surface area contributed by atoms with Gasteiger partial charge >= 0.3 is 0 Å². The Balaban J connectivity index is 1.92. The van der Waals surface area contributed by atoms with Gasteiger partial charge in [-0.1, -0.05) is 39.0 Å². The van der Waals surface area contributed by atoms with Crippen LogP contribution in [0.15, 0.2) is 39.8 Å². The third-order valence-electron chi connectivity index (χ3n) is 4.64. The van der Waals surface area contributed by atoms with Crippen LogP contribution in [0.3, 0.4) is 0 Å². The average Bonchev–Trinajstić information content (AvgIpc) is 2.75. The molecule has 10 heteroatoms. The standard InChI is InChI=1S/C21H32BrN5O3S/c1-3-4-5-6-7-8-13-24-31(29,30)18-11-9-17(10-12-18)26-21-23-14-19(22)20(27-21)25-16(2)15-28/h9-12,14,16,24,28H,3-8,13,15H2,1-2H3,(H2,23,25,26,27)/t16-/m1/s1. The molecule has 8 nitrogen and oxygen atoms in total. The molecule has 0 saturated heterocycles. The number of nitrogens with zero attached hydrogens (tertiary/aromatic N) is 2. The van der Waals surface area contributed by atoms with E-state index in [4.69, 9.17) is 0 Å². The molecular formula is C21H32BrN5O3S. The highest BCUT2D eigenvalue weighted by atomic mass is 79.9. The van der Waals surface area contributed by atoms with E-state index in [-0.39, 0.29) is 17.5 Å². The van der Waals surface area contributed by atoms with E-state index in [1.165, 1.54) is 19.3 Å². The summed E-state index contributed by atoms with van der Waals surface area (Å²) in [6.45, 7) is 4.43. The molecule has 2 aromatic rings. The first-order valence-electron chi connectivity index (χ1n) is 10.6. The van der Waals surface area contributed by atoms with E-state index < -0.39 is 10.0 Å². The molecule has 0 spiro atoms. The molecule has 0 aliphatic carbocycles. The van der Waals surface area contributed by atoms with E-state index >= 15 is 0 Å². The highest BCUT2D eigenvalue weighted by Crippen LogP contribution is 2.23. The monoisotopic (exact) mass is 513 g/mol. The summed E-state index contributed by atoms with van der Waals surface area (Å²) in [7, 11) is -3.52. The van der Waals surface area contributed by atoms with Gasteiger partial charge in [-0.25, -0.2) is 18.1 Å². The Bertz CT molecular complexity index is 910. The van der Waals surface area contributed by atoms with Crippen molar-refractivity contribution in [1.29, 1.82) is 0 Å². The minimum atomic E-state index is -3.52. The SMILES string of the molecule is CCCCCCCCNS(=O)(=O)c1ccc(Nc2ncc(Br)c(N[C@H](C)CO)n2)cc1. The average molecular weight is 514 g/mol. The second-order valence-electron chi connectivity index (χ2n) is 7.43. The molecular weight excluding hydrogens is 482 g/mol. The summed E-state index contributed by atoms with van der Waals surface area (Å²) < 4.78 is 28.3. The molecule has 1 atom stereocenters. The number of rotatable bonds is 14. The van der Waals surface area contributed by atoms with Crippen molar-refractivity contribution in [3.63, 3.8) is 0 Å². The van der Waals surface area contributed by atoms with Gasteiger partial charge in [0.2, 0.25) is 16.0 Å². The normalized spacial score (nSPS) is 12.5. The maximum absolute atomic E-state index is 12.5. The first-order valence-corrected chi connectivity index (χ1v) is 12.9. The lowest BCUT2D eigenvalue weighted by Crippen LogP contribution is -2.24. The van der Waals surface area contributed by atoms with Crippen molar-refractivity contribution in [3.05, 3.63) is 34.9 Å². The van der Waals surface area contributed by atoms with Gasteiger partial charge in [-0.15, -0.1) is 0 Å². The van der Waals surface area contributed by atoms with E-state index in [1.807, 2.05) is 6.92 Å². The van der Waals surface area contributed by atoms with Crippen LogP contribution in [0.2, 0.25) is 0 Å². The van der Waals surface area contributed by atoms with E-state index in [1.54, 1.807) is 30.5 Å². The zero-order valence-electron chi connectivity index (χ0n) is 18.1. The molecule has 0 unspecified atom stereocenters. The fourth-order valence-corrected chi connectivity index (χ4v) is 4.23. The second-order valence-corrected chi connectivity index (χ2v) is 10.1. The molecule has 1 aromatic carbocycles. The van der Waals surface area contributed by atoms with Crippen LogP contribution in [0, 0.1) is 0 Å². The van der Waals surface area contributed by atoms with Gasteiger partial charge in [-0.2, -0.15) is 4.98 Å². The van der Waals surface area contributed by atoms with Gasteiger partial charge in [0.05, 0.1) is 16.0 Å². The van der Waals surface area contributed by atoms with E-state index in [9.17, 15) is 13.5 Å². The smallest absolute Gasteiger partial charge is 0.240 e. The molecule has 0 amide bonds. The van der Waals surface area contributed by atoms with Gasteiger partial charge in [0, 0.05) is 24.5 Å². The number of benzene rings is 1. The van der Waals surface area contributed by atoms with Crippen molar-refractivity contribution in [2.24, 2.45) is 0 Å². The van der Waals surface area contributed by atoms with Crippen molar-refractivity contribution in [2.45, 2.75) is 63.3 Å². The molecule has 2 rings (SSSR count). The highest BCUT2D eigenvalue weighted by molar-refractivity contribution is 9.10.